The first-order valence-electron chi connectivity index (χ1n) is 7.83. The second-order valence-electron chi connectivity index (χ2n) is 5.42. The van der Waals surface area contributed by atoms with Gasteiger partial charge in [0.15, 0.2) is 5.78 Å². The van der Waals surface area contributed by atoms with E-state index in [9.17, 15) is 18.0 Å². The summed E-state index contributed by atoms with van der Waals surface area (Å²) in [6.45, 7) is 2.30. The first-order valence-corrected chi connectivity index (χ1v) is 10.4. The third-order valence-electron chi connectivity index (χ3n) is 3.17. The number of sulfonamides is 1. The topological polar surface area (TPSA) is 127 Å². The molecule has 0 aliphatic rings. The lowest BCUT2D eigenvalue weighted by molar-refractivity contribution is -0.139. The van der Waals surface area contributed by atoms with Crippen LogP contribution < -0.4 is 10.5 Å². The third kappa shape index (κ3) is 10.1. The molecule has 1 aromatic rings. The van der Waals surface area contributed by atoms with Crippen LogP contribution in [0.5, 0.6) is 0 Å². The van der Waals surface area contributed by atoms with Crippen LogP contribution in [0.4, 0.5) is 0 Å². The van der Waals surface area contributed by atoms with Crippen molar-refractivity contribution >= 4 is 45.0 Å². The average molecular weight is 427 g/mol. The Balaban J connectivity index is 0.000000896. The Hall–Kier alpha value is -1.19. The molecule has 0 aliphatic carbocycles. The number of aryl methyl sites for hydroxylation is 1. The number of ketones is 1. The van der Waals surface area contributed by atoms with Gasteiger partial charge < -0.3 is 10.8 Å². The van der Waals surface area contributed by atoms with Crippen LogP contribution in [0, 0.1) is 6.92 Å². The standard InChI is InChI=1S/C13H20N2O4S.C3H4Cl2O/c1-10-5-7-11(8-6-10)20(18,19)15-12(13(16)17)4-2-3-9-14;4-1-3(6)2-5/h5-8,12,15H,2-4,9,14H2,1H3,(H,16,17);1-2H2. The molecule has 1 unspecified atom stereocenters. The van der Waals surface area contributed by atoms with E-state index in [1.54, 1.807) is 12.1 Å². The lowest BCUT2D eigenvalue weighted by atomic mass is 10.1. The summed E-state index contributed by atoms with van der Waals surface area (Å²) in [6, 6.07) is 5.11. The van der Waals surface area contributed by atoms with Crippen LogP contribution in [0.25, 0.3) is 0 Å². The highest BCUT2D eigenvalue weighted by Crippen LogP contribution is 2.12. The van der Waals surface area contributed by atoms with E-state index in [-0.39, 0.29) is 28.9 Å². The summed E-state index contributed by atoms with van der Waals surface area (Å²) in [4.78, 5) is 21.1. The molecule has 1 atom stereocenters. The summed E-state index contributed by atoms with van der Waals surface area (Å²) >= 11 is 10.0. The predicted molar refractivity (Wildman–Crippen MR) is 102 cm³/mol. The Labute approximate surface area is 163 Å². The van der Waals surface area contributed by atoms with Crippen molar-refractivity contribution in [2.45, 2.75) is 37.1 Å². The maximum absolute atomic E-state index is 12.1. The van der Waals surface area contributed by atoms with Crippen LogP contribution in [-0.4, -0.2) is 49.6 Å². The fraction of sp³-hybridized carbons (Fsp3) is 0.500. The minimum atomic E-state index is -3.82. The van der Waals surface area contributed by atoms with E-state index in [4.69, 9.17) is 34.0 Å². The van der Waals surface area contributed by atoms with E-state index >= 15 is 0 Å². The number of carbonyl (C=O) groups is 2. The van der Waals surface area contributed by atoms with Crippen LogP contribution in [0.15, 0.2) is 29.2 Å². The molecule has 0 aromatic heterocycles. The quantitative estimate of drug-likeness (QED) is 0.387. The number of nitrogens with one attached hydrogen (secondary N) is 1. The largest absolute Gasteiger partial charge is 0.480 e. The maximum Gasteiger partial charge on any atom is 0.321 e. The van der Waals surface area contributed by atoms with Crippen molar-refractivity contribution in [3.8, 4) is 0 Å². The van der Waals surface area contributed by atoms with Crippen molar-refractivity contribution in [1.82, 2.24) is 4.72 Å². The molecular formula is C16H24Cl2N2O5S. The summed E-state index contributed by atoms with van der Waals surface area (Å²) in [5.74, 6) is -1.25. The third-order valence-corrected chi connectivity index (χ3v) is 5.26. The van der Waals surface area contributed by atoms with E-state index in [0.29, 0.717) is 19.4 Å². The molecule has 7 nitrogen and oxygen atoms in total. The highest BCUT2D eigenvalue weighted by molar-refractivity contribution is 7.89. The van der Waals surface area contributed by atoms with Gasteiger partial charge >= 0.3 is 5.97 Å². The Bertz CT molecular complexity index is 660. The van der Waals surface area contributed by atoms with Gasteiger partial charge in [0.2, 0.25) is 10.0 Å². The van der Waals surface area contributed by atoms with Crippen LogP contribution >= 0.6 is 23.2 Å². The number of carbonyl (C=O) groups excluding carboxylic acids is 1. The van der Waals surface area contributed by atoms with Crippen molar-refractivity contribution in [2.24, 2.45) is 5.73 Å². The predicted octanol–water partition coefficient (Wildman–Crippen LogP) is 1.89. The Morgan fingerprint density at radius 3 is 2.08 bits per heavy atom. The molecular weight excluding hydrogens is 403 g/mol. The Kier molecular flexibility index (Phi) is 12.5. The zero-order chi connectivity index (χ0) is 20.2. The molecule has 0 fully saturated rings. The van der Waals surface area contributed by atoms with E-state index in [1.807, 2.05) is 6.92 Å². The zero-order valence-corrected chi connectivity index (χ0v) is 16.8. The molecule has 0 saturated heterocycles. The van der Waals surface area contributed by atoms with Gasteiger partial charge in [-0.2, -0.15) is 4.72 Å². The van der Waals surface area contributed by atoms with Crippen molar-refractivity contribution in [1.29, 1.82) is 0 Å². The zero-order valence-electron chi connectivity index (χ0n) is 14.5. The number of aliphatic carboxylic acids is 1. The van der Waals surface area contributed by atoms with Gasteiger partial charge in [0.25, 0.3) is 0 Å². The van der Waals surface area contributed by atoms with Gasteiger partial charge in [0.1, 0.15) is 6.04 Å². The molecule has 4 N–H and O–H groups in total. The monoisotopic (exact) mass is 426 g/mol. The number of hydrogen-bond donors (Lipinski definition) is 3. The fourth-order valence-corrected chi connectivity index (χ4v) is 3.24. The number of halogens is 2. The van der Waals surface area contributed by atoms with Gasteiger partial charge in [-0.05, 0) is 38.4 Å². The molecule has 0 aliphatic heterocycles. The SMILES string of the molecule is Cc1ccc(S(=O)(=O)NC(CCCCN)C(=O)O)cc1.O=C(CCl)CCl. The number of carboxylic acids is 1. The number of hydrogen-bond acceptors (Lipinski definition) is 5. The van der Waals surface area contributed by atoms with E-state index in [2.05, 4.69) is 4.72 Å². The molecule has 1 aromatic carbocycles. The highest BCUT2D eigenvalue weighted by Gasteiger charge is 2.24. The number of carboxylic acid groups (broad SMARTS) is 1. The minimum absolute atomic E-state index is 0.0312. The molecule has 10 heteroatoms. The van der Waals surface area contributed by atoms with Gasteiger partial charge in [-0.1, -0.05) is 24.1 Å². The molecule has 148 valence electrons. The Morgan fingerprint density at radius 2 is 1.69 bits per heavy atom. The average Bonchev–Trinajstić information content (AvgIpc) is 2.61. The number of Topliss-reactive ketones (excluding diaryl/α,β-unsaturated/α-hetero) is 1. The van der Waals surface area contributed by atoms with Crippen LogP contribution in [-0.2, 0) is 19.6 Å². The van der Waals surface area contributed by atoms with Gasteiger partial charge in [0, 0.05) is 0 Å². The van der Waals surface area contributed by atoms with E-state index in [1.165, 1.54) is 12.1 Å². The van der Waals surface area contributed by atoms with Crippen molar-refractivity contribution in [2.75, 3.05) is 18.3 Å². The molecule has 0 bridgehead atoms. The van der Waals surface area contributed by atoms with E-state index < -0.39 is 22.0 Å². The number of alkyl halides is 2. The second kappa shape index (κ2) is 13.1. The number of unbranched alkanes of at least 4 members (excludes halogenated alkanes) is 1. The molecule has 0 spiro atoms. The fourth-order valence-electron chi connectivity index (χ4n) is 1.73. The summed E-state index contributed by atoms with van der Waals surface area (Å²) in [5.41, 5.74) is 6.27. The van der Waals surface area contributed by atoms with Crippen molar-refractivity contribution < 1.29 is 23.1 Å². The first kappa shape index (κ1) is 24.8. The number of nitrogens with two attached hydrogens (primary N) is 1. The summed E-state index contributed by atoms with van der Waals surface area (Å²) < 4.78 is 26.4. The molecule has 0 saturated carbocycles. The molecule has 0 radical (unpaired) electrons. The first-order chi connectivity index (χ1) is 12.2. The second-order valence-corrected chi connectivity index (χ2v) is 7.66. The summed E-state index contributed by atoms with van der Waals surface area (Å²) in [7, 11) is -3.82. The van der Waals surface area contributed by atoms with Gasteiger partial charge in [-0.15, -0.1) is 23.2 Å². The Morgan fingerprint density at radius 1 is 1.15 bits per heavy atom. The molecule has 0 amide bonds. The van der Waals surface area contributed by atoms with E-state index in [0.717, 1.165) is 5.56 Å². The summed E-state index contributed by atoms with van der Waals surface area (Å²) in [6.07, 6.45) is 1.44. The lowest BCUT2D eigenvalue weighted by Gasteiger charge is -2.14. The van der Waals surface area contributed by atoms with Crippen molar-refractivity contribution in [3.63, 3.8) is 0 Å². The number of rotatable bonds is 10. The molecule has 1 rings (SSSR count). The number of benzene rings is 1. The highest BCUT2D eigenvalue weighted by atomic mass is 35.5. The van der Waals surface area contributed by atoms with Crippen LogP contribution in [0.1, 0.15) is 24.8 Å². The minimum Gasteiger partial charge on any atom is -0.480 e. The smallest absolute Gasteiger partial charge is 0.321 e. The van der Waals surface area contributed by atoms with Gasteiger partial charge in [-0.3, -0.25) is 9.59 Å². The van der Waals surface area contributed by atoms with Crippen molar-refractivity contribution in [3.05, 3.63) is 29.8 Å². The molecule has 0 heterocycles. The summed E-state index contributed by atoms with van der Waals surface area (Å²) in [5, 5.41) is 9.07. The van der Waals surface area contributed by atoms with Gasteiger partial charge in [0.05, 0.1) is 16.7 Å². The van der Waals surface area contributed by atoms with Crippen LogP contribution in [0.3, 0.4) is 0 Å². The normalized spacial score (nSPS) is 12.0. The van der Waals surface area contributed by atoms with Crippen LogP contribution in [0.2, 0.25) is 0 Å². The maximum atomic E-state index is 12.1. The molecule has 26 heavy (non-hydrogen) atoms. The van der Waals surface area contributed by atoms with Gasteiger partial charge in [-0.25, -0.2) is 8.42 Å². The lowest BCUT2D eigenvalue weighted by Crippen LogP contribution is -2.40.